The Morgan fingerprint density at radius 2 is 2.00 bits per heavy atom. The lowest BCUT2D eigenvalue weighted by atomic mass is 10.0. The third-order valence-electron chi connectivity index (χ3n) is 3.08. The Morgan fingerprint density at radius 3 is 2.67 bits per heavy atom. The highest BCUT2D eigenvalue weighted by atomic mass is 16.3. The number of carbonyl (C=O) groups excluding carboxylic acids is 1. The fourth-order valence-electron chi connectivity index (χ4n) is 2.07. The summed E-state index contributed by atoms with van der Waals surface area (Å²) in [6.45, 7) is 0.106. The van der Waals surface area contributed by atoms with Crippen LogP contribution in [0, 0.1) is 0 Å². The molecule has 5 heteroatoms. The summed E-state index contributed by atoms with van der Waals surface area (Å²) in [4.78, 5) is 16.0. The Balaban J connectivity index is 1.99. The molecule has 1 atom stereocenters. The largest absolute Gasteiger partial charge is 0.396 e. The van der Waals surface area contributed by atoms with E-state index >= 15 is 0 Å². The van der Waals surface area contributed by atoms with Crippen molar-refractivity contribution in [2.24, 2.45) is 0 Å². The van der Waals surface area contributed by atoms with Crippen LogP contribution >= 0.6 is 0 Å². The van der Waals surface area contributed by atoms with E-state index in [1.165, 1.54) is 0 Å². The molecule has 0 bridgehead atoms. The van der Waals surface area contributed by atoms with Gasteiger partial charge >= 0.3 is 6.03 Å². The highest BCUT2D eigenvalue weighted by Crippen LogP contribution is 2.18. The van der Waals surface area contributed by atoms with Crippen molar-refractivity contribution in [2.45, 2.75) is 18.9 Å². The summed E-state index contributed by atoms with van der Waals surface area (Å²) in [6, 6.07) is 12.9. The fourth-order valence-corrected chi connectivity index (χ4v) is 2.07. The van der Waals surface area contributed by atoms with Crippen LogP contribution in [0.4, 0.5) is 10.5 Å². The topological polar surface area (TPSA) is 74.2 Å². The van der Waals surface area contributed by atoms with E-state index in [4.69, 9.17) is 5.11 Å². The average Bonchev–Trinajstić information content (AvgIpc) is 2.53. The molecular weight excluding hydrogens is 266 g/mol. The summed E-state index contributed by atoms with van der Waals surface area (Å²) in [5, 5.41) is 14.7. The van der Waals surface area contributed by atoms with Crippen molar-refractivity contribution in [3.63, 3.8) is 0 Å². The number of aliphatic hydroxyl groups is 1. The number of benzene rings is 1. The van der Waals surface area contributed by atoms with E-state index in [2.05, 4.69) is 15.6 Å². The van der Waals surface area contributed by atoms with Gasteiger partial charge in [-0.3, -0.25) is 4.98 Å². The predicted octanol–water partition coefficient (Wildman–Crippen LogP) is 2.72. The molecule has 1 aromatic carbocycles. The minimum Gasteiger partial charge on any atom is -0.396 e. The zero-order valence-electron chi connectivity index (χ0n) is 11.7. The van der Waals surface area contributed by atoms with Gasteiger partial charge in [-0.25, -0.2) is 4.79 Å². The molecule has 3 N–H and O–H groups in total. The summed E-state index contributed by atoms with van der Waals surface area (Å²) in [6.07, 6.45) is 4.55. The smallest absolute Gasteiger partial charge is 0.319 e. The van der Waals surface area contributed by atoms with Gasteiger partial charge in [0.1, 0.15) is 0 Å². The van der Waals surface area contributed by atoms with Crippen LogP contribution < -0.4 is 10.6 Å². The standard InChI is InChI=1S/C16H19N3O2/c20-11-5-9-15(13-6-2-1-3-7-13)19-16(21)18-14-8-4-10-17-12-14/h1-4,6-8,10,12,15,20H,5,9,11H2,(H2,18,19,21)/t15-/m1/s1. The van der Waals surface area contributed by atoms with Gasteiger partial charge in [0.05, 0.1) is 17.9 Å². The minimum atomic E-state index is -0.283. The normalized spacial score (nSPS) is 11.7. The van der Waals surface area contributed by atoms with Gasteiger partial charge in [0.2, 0.25) is 0 Å². The van der Waals surface area contributed by atoms with Crippen LogP contribution in [0.5, 0.6) is 0 Å². The third kappa shape index (κ3) is 4.89. The lowest BCUT2D eigenvalue weighted by Crippen LogP contribution is -2.32. The Kier molecular flexibility index (Phi) is 5.72. The minimum absolute atomic E-state index is 0.106. The Hall–Kier alpha value is -2.40. The maximum atomic E-state index is 12.0. The van der Waals surface area contributed by atoms with Crippen LogP contribution in [-0.2, 0) is 0 Å². The average molecular weight is 285 g/mol. The SMILES string of the molecule is O=C(Nc1cccnc1)N[C@H](CCCO)c1ccccc1. The quantitative estimate of drug-likeness (QED) is 0.764. The Morgan fingerprint density at radius 1 is 1.19 bits per heavy atom. The monoisotopic (exact) mass is 285 g/mol. The molecule has 1 heterocycles. The molecule has 2 rings (SSSR count). The van der Waals surface area contributed by atoms with Crippen molar-refractivity contribution >= 4 is 11.7 Å². The van der Waals surface area contributed by atoms with E-state index in [1.54, 1.807) is 24.5 Å². The van der Waals surface area contributed by atoms with Crippen LogP contribution in [0.2, 0.25) is 0 Å². The number of pyridine rings is 1. The molecule has 0 aliphatic rings. The first kappa shape index (κ1) is 15.0. The maximum absolute atomic E-state index is 12.0. The van der Waals surface area contributed by atoms with Gasteiger partial charge in [-0.1, -0.05) is 30.3 Å². The van der Waals surface area contributed by atoms with Crippen LogP contribution in [0.3, 0.4) is 0 Å². The maximum Gasteiger partial charge on any atom is 0.319 e. The number of nitrogens with zero attached hydrogens (tertiary/aromatic N) is 1. The van der Waals surface area contributed by atoms with Crippen molar-refractivity contribution in [2.75, 3.05) is 11.9 Å². The highest BCUT2D eigenvalue weighted by molar-refractivity contribution is 5.89. The molecule has 2 amide bonds. The fraction of sp³-hybridized carbons (Fsp3) is 0.250. The van der Waals surface area contributed by atoms with Gasteiger partial charge in [0.25, 0.3) is 0 Å². The second-order valence-electron chi connectivity index (χ2n) is 4.67. The van der Waals surface area contributed by atoms with Crippen molar-refractivity contribution in [1.82, 2.24) is 10.3 Å². The van der Waals surface area contributed by atoms with Gasteiger partial charge in [0, 0.05) is 12.8 Å². The van der Waals surface area contributed by atoms with E-state index in [0.29, 0.717) is 18.5 Å². The predicted molar refractivity (Wildman–Crippen MR) is 81.9 cm³/mol. The van der Waals surface area contributed by atoms with Crippen molar-refractivity contribution in [3.05, 3.63) is 60.4 Å². The molecule has 0 unspecified atom stereocenters. The molecule has 0 aliphatic heterocycles. The lowest BCUT2D eigenvalue weighted by molar-refractivity contribution is 0.244. The van der Waals surface area contributed by atoms with Crippen LogP contribution in [0.25, 0.3) is 0 Å². The second kappa shape index (κ2) is 8.01. The van der Waals surface area contributed by atoms with Gasteiger partial charge in [-0.05, 0) is 30.5 Å². The van der Waals surface area contributed by atoms with Crippen molar-refractivity contribution in [1.29, 1.82) is 0 Å². The molecule has 0 radical (unpaired) electrons. The third-order valence-corrected chi connectivity index (χ3v) is 3.08. The lowest BCUT2D eigenvalue weighted by Gasteiger charge is -2.19. The number of hydrogen-bond donors (Lipinski definition) is 3. The Bertz CT molecular complexity index is 546. The molecule has 5 nitrogen and oxygen atoms in total. The number of aromatic nitrogens is 1. The van der Waals surface area contributed by atoms with Gasteiger partial charge in [-0.15, -0.1) is 0 Å². The molecule has 1 aromatic heterocycles. The first-order chi connectivity index (χ1) is 10.3. The summed E-state index contributed by atoms with van der Waals surface area (Å²) < 4.78 is 0. The van der Waals surface area contributed by atoms with E-state index in [0.717, 1.165) is 5.56 Å². The summed E-state index contributed by atoms with van der Waals surface area (Å²) >= 11 is 0. The zero-order valence-corrected chi connectivity index (χ0v) is 11.7. The van der Waals surface area contributed by atoms with E-state index < -0.39 is 0 Å². The van der Waals surface area contributed by atoms with Gasteiger partial charge in [0.15, 0.2) is 0 Å². The van der Waals surface area contributed by atoms with E-state index in [9.17, 15) is 4.79 Å². The summed E-state index contributed by atoms with van der Waals surface area (Å²) in [5.41, 5.74) is 1.66. The highest BCUT2D eigenvalue weighted by Gasteiger charge is 2.14. The number of aliphatic hydroxyl groups excluding tert-OH is 1. The van der Waals surface area contributed by atoms with E-state index in [-0.39, 0.29) is 18.7 Å². The Labute approximate surface area is 124 Å². The van der Waals surface area contributed by atoms with Crippen molar-refractivity contribution < 1.29 is 9.90 Å². The number of carbonyl (C=O) groups is 1. The van der Waals surface area contributed by atoms with Gasteiger partial charge in [-0.2, -0.15) is 0 Å². The molecule has 0 aliphatic carbocycles. The first-order valence-corrected chi connectivity index (χ1v) is 6.93. The molecule has 110 valence electrons. The molecule has 0 spiro atoms. The number of hydrogen-bond acceptors (Lipinski definition) is 3. The number of amides is 2. The molecule has 2 aromatic rings. The number of rotatable bonds is 6. The summed E-state index contributed by atoms with van der Waals surface area (Å²) in [5.74, 6) is 0. The molecule has 0 saturated heterocycles. The van der Waals surface area contributed by atoms with Crippen molar-refractivity contribution in [3.8, 4) is 0 Å². The molecule has 0 saturated carbocycles. The molecular formula is C16H19N3O2. The van der Waals surface area contributed by atoms with Gasteiger partial charge < -0.3 is 15.7 Å². The number of nitrogens with one attached hydrogen (secondary N) is 2. The van der Waals surface area contributed by atoms with Crippen LogP contribution in [-0.4, -0.2) is 22.7 Å². The van der Waals surface area contributed by atoms with E-state index in [1.807, 2.05) is 30.3 Å². The molecule has 21 heavy (non-hydrogen) atoms. The first-order valence-electron chi connectivity index (χ1n) is 6.93. The summed E-state index contributed by atoms with van der Waals surface area (Å²) in [7, 11) is 0. The molecule has 0 fully saturated rings. The number of urea groups is 1. The number of anilines is 1. The second-order valence-corrected chi connectivity index (χ2v) is 4.67. The van der Waals surface area contributed by atoms with Crippen LogP contribution in [0.15, 0.2) is 54.9 Å². The zero-order chi connectivity index (χ0) is 14.9. The van der Waals surface area contributed by atoms with Crippen LogP contribution in [0.1, 0.15) is 24.4 Å².